The maximum Gasteiger partial charge on any atom is 0.251 e. The van der Waals surface area contributed by atoms with Gasteiger partial charge in [0.05, 0.1) is 0 Å². The van der Waals surface area contributed by atoms with E-state index < -0.39 is 0 Å². The smallest absolute Gasteiger partial charge is 0.251 e. The highest BCUT2D eigenvalue weighted by molar-refractivity contribution is 9.11. The van der Waals surface area contributed by atoms with Crippen molar-refractivity contribution in [3.8, 4) is 0 Å². The van der Waals surface area contributed by atoms with E-state index in [0.29, 0.717) is 11.5 Å². The van der Waals surface area contributed by atoms with E-state index in [1.54, 1.807) is 0 Å². The third-order valence-corrected chi connectivity index (χ3v) is 4.44. The van der Waals surface area contributed by atoms with Gasteiger partial charge in [-0.1, -0.05) is 31.9 Å². The summed E-state index contributed by atoms with van der Waals surface area (Å²) in [5, 5.41) is 6.48. The third-order valence-electron chi connectivity index (χ3n) is 3.53. The van der Waals surface area contributed by atoms with Crippen molar-refractivity contribution in [3.63, 3.8) is 0 Å². The molecule has 1 amide bonds. The van der Waals surface area contributed by atoms with Crippen molar-refractivity contribution < 1.29 is 4.79 Å². The third kappa shape index (κ3) is 4.29. The van der Waals surface area contributed by atoms with Gasteiger partial charge in [0.15, 0.2) is 0 Å². The Morgan fingerprint density at radius 2 is 2.05 bits per heavy atom. The molecule has 2 unspecified atom stereocenters. The second-order valence-electron chi connectivity index (χ2n) is 5.03. The van der Waals surface area contributed by atoms with Gasteiger partial charge in [0, 0.05) is 20.6 Å². The van der Waals surface area contributed by atoms with E-state index in [-0.39, 0.29) is 11.9 Å². The van der Waals surface area contributed by atoms with Gasteiger partial charge in [0.25, 0.3) is 5.91 Å². The van der Waals surface area contributed by atoms with E-state index in [4.69, 9.17) is 0 Å². The lowest BCUT2D eigenvalue weighted by molar-refractivity contribution is 0.0922. The molecule has 0 bridgehead atoms. The van der Waals surface area contributed by atoms with Crippen LogP contribution in [0.15, 0.2) is 27.1 Å². The Kier molecular flexibility index (Phi) is 5.42. The van der Waals surface area contributed by atoms with Gasteiger partial charge < -0.3 is 10.6 Å². The van der Waals surface area contributed by atoms with Crippen LogP contribution in [0.3, 0.4) is 0 Å². The Bertz CT molecular complexity index is 439. The molecule has 1 heterocycles. The standard InChI is InChI=1S/C14H18Br2N2O/c1-9(10-3-2-4-17-8-10)18-14(19)11-5-12(15)7-13(16)6-11/h5-7,9-10,17H,2-4,8H2,1H3,(H,18,19). The largest absolute Gasteiger partial charge is 0.349 e. The fraction of sp³-hybridized carbons (Fsp3) is 0.500. The zero-order valence-electron chi connectivity index (χ0n) is 10.9. The highest BCUT2D eigenvalue weighted by Crippen LogP contribution is 2.21. The molecule has 2 N–H and O–H groups in total. The molecule has 1 aromatic rings. The number of carbonyl (C=O) groups excluding carboxylic acids is 1. The van der Waals surface area contributed by atoms with Crippen molar-refractivity contribution in [2.45, 2.75) is 25.8 Å². The monoisotopic (exact) mass is 388 g/mol. The molecule has 5 heteroatoms. The first-order valence-electron chi connectivity index (χ1n) is 6.54. The van der Waals surface area contributed by atoms with Gasteiger partial charge in [-0.3, -0.25) is 4.79 Å². The van der Waals surface area contributed by atoms with E-state index in [1.165, 1.54) is 12.8 Å². The predicted molar refractivity (Wildman–Crippen MR) is 84.4 cm³/mol. The number of halogens is 2. The minimum atomic E-state index is -0.0138. The highest BCUT2D eigenvalue weighted by atomic mass is 79.9. The lowest BCUT2D eigenvalue weighted by Crippen LogP contribution is -2.44. The average molecular weight is 390 g/mol. The summed E-state index contributed by atoms with van der Waals surface area (Å²) in [7, 11) is 0. The van der Waals surface area contributed by atoms with E-state index in [1.807, 2.05) is 18.2 Å². The maximum absolute atomic E-state index is 12.2. The molecule has 3 nitrogen and oxygen atoms in total. The van der Waals surface area contributed by atoms with Crippen LogP contribution in [-0.2, 0) is 0 Å². The Morgan fingerprint density at radius 3 is 2.63 bits per heavy atom. The molecular formula is C14H18Br2N2O. The fourth-order valence-electron chi connectivity index (χ4n) is 2.40. The van der Waals surface area contributed by atoms with Crippen LogP contribution >= 0.6 is 31.9 Å². The van der Waals surface area contributed by atoms with Crippen LogP contribution in [0.25, 0.3) is 0 Å². The topological polar surface area (TPSA) is 41.1 Å². The molecule has 1 saturated heterocycles. The average Bonchev–Trinajstić information content (AvgIpc) is 2.38. The van der Waals surface area contributed by atoms with Crippen molar-refractivity contribution >= 4 is 37.8 Å². The molecule has 2 atom stereocenters. The first-order valence-corrected chi connectivity index (χ1v) is 8.12. The summed E-state index contributed by atoms with van der Waals surface area (Å²) in [5.74, 6) is 0.508. The molecule has 0 radical (unpaired) electrons. The molecule has 1 fully saturated rings. The summed E-state index contributed by atoms with van der Waals surface area (Å²) in [6.45, 7) is 4.17. The van der Waals surface area contributed by atoms with Gasteiger partial charge in [-0.2, -0.15) is 0 Å². The molecule has 0 aromatic heterocycles. The van der Waals surface area contributed by atoms with Crippen LogP contribution in [0, 0.1) is 5.92 Å². The second-order valence-corrected chi connectivity index (χ2v) is 6.86. The van der Waals surface area contributed by atoms with Crippen molar-refractivity contribution in [1.82, 2.24) is 10.6 Å². The zero-order valence-corrected chi connectivity index (χ0v) is 14.1. The van der Waals surface area contributed by atoms with Crippen LogP contribution < -0.4 is 10.6 Å². The minimum absolute atomic E-state index is 0.0138. The molecule has 0 spiro atoms. The van der Waals surface area contributed by atoms with E-state index in [9.17, 15) is 4.79 Å². The van der Waals surface area contributed by atoms with Crippen molar-refractivity contribution in [2.24, 2.45) is 5.92 Å². The number of nitrogens with one attached hydrogen (secondary N) is 2. The molecule has 1 aromatic carbocycles. The number of benzene rings is 1. The number of carbonyl (C=O) groups is 1. The lowest BCUT2D eigenvalue weighted by Gasteiger charge is -2.29. The van der Waals surface area contributed by atoms with Crippen LogP contribution in [0.2, 0.25) is 0 Å². The first-order chi connectivity index (χ1) is 9.06. The quantitative estimate of drug-likeness (QED) is 0.832. The Morgan fingerprint density at radius 1 is 1.37 bits per heavy atom. The zero-order chi connectivity index (χ0) is 13.8. The van der Waals surface area contributed by atoms with E-state index in [2.05, 4.69) is 49.4 Å². The molecule has 0 aliphatic carbocycles. The summed E-state index contributed by atoms with van der Waals surface area (Å²) in [6.07, 6.45) is 2.37. The van der Waals surface area contributed by atoms with Crippen molar-refractivity contribution in [3.05, 3.63) is 32.7 Å². The van der Waals surface area contributed by atoms with Gasteiger partial charge >= 0.3 is 0 Å². The second kappa shape index (κ2) is 6.86. The minimum Gasteiger partial charge on any atom is -0.349 e. The van der Waals surface area contributed by atoms with E-state index >= 15 is 0 Å². The van der Waals surface area contributed by atoms with Gasteiger partial charge in [0.2, 0.25) is 0 Å². The SMILES string of the molecule is CC(NC(=O)c1cc(Br)cc(Br)c1)C1CCCNC1. The van der Waals surface area contributed by atoms with Crippen LogP contribution in [0.5, 0.6) is 0 Å². The number of hydrogen-bond donors (Lipinski definition) is 2. The molecule has 2 rings (SSSR count). The first kappa shape index (κ1) is 15.0. The van der Waals surface area contributed by atoms with Crippen molar-refractivity contribution in [2.75, 3.05) is 13.1 Å². The summed E-state index contributed by atoms with van der Waals surface area (Å²) in [6, 6.07) is 5.79. The molecule has 1 aliphatic heterocycles. The lowest BCUT2D eigenvalue weighted by atomic mass is 9.92. The molecule has 19 heavy (non-hydrogen) atoms. The van der Waals surface area contributed by atoms with E-state index in [0.717, 1.165) is 22.0 Å². The van der Waals surface area contributed by atoms with Gasteiger partial charge in [-0.05, 0) is 57.0 Å². The fourth-order valence-corrected chi connectivity index (χ4v) is 3.69. The molecule has 104 valence electrons. The molecule has 1 aliphatic rings. The maximum atomic E-state index is 12.2. The Labute approximate surface area is 130 Å². The van der Waals surface area contributed by atoms with Gasteiger partial charge in [0.1, 0.15) is 0 Å². The Balaban J connectivity index is 1.99. The summed E-state index contributed by atoms with van der Waals surface area (Å²) in [4.78, 5) is 12.2. The molecule has 0 saturated carbocycles. The molecular weight excluding hydrogens is 372 g/mol. The summed E-state index contributed by atoms with van der Waals surface area (Å²) < 4.78 is 1.80. The summed E-state index contributed by atoms with van der Waals surface area (Å²) in [5.41, 5.74) is 0.678. The van der Waals surface area contributed by atoms with Crippen LogP contribution in [0.1, 0.15) is 30.1 Å². The number of rotatable bonds is 3. The van der Waals surface area contributed by atoms with Gasteiger partial charge in [-0.25, -0.2) is 0 Å². The number of piperidine rings is 1. The number of hydrogen-bond acceptors (Lipinski definition) is 2. The summed E-state index contributed by atoms with van der Waals surface area (Å²) >= 11 is 6.81. The van der Waals surface area contributed by atoms with Gasteiger partial charge in [-0.15, -0.1) is 0 Å². The number of amides is 1. The predicted octanol–water partition coefficient (Wildman–Crippen LogP) is 3.33. The normalized spacial score (nSPS) is 20.9. The Hall–Kier alpha value is -0.390. The highest BCUT2D eigenvalue weighted by Gasteiger charge is 2.21. The van der Waals surface area contributed by atoms with Crippen molar-refractivity contribution in [1.29, 1.82) is 0 Å². The van der Waals surface area contributed by atoms with Crippen LogP contribution in [-0.4, -0.2) is 25.0 Å². The van der Waals surface area contributed by atoms with Crippen LogP contribution in [0.4, 0.5) is 0 Å².